The van der Waals surface area contributed by atoms with Gasteiger partial charge in [0, 0.05) is 32.4 Å². The number of nitrogens with two attached hydrogens (primary N) is 1. The Morgan fingerprint density at radius 1 is 1.04 bits per heavy atom. The van der Waals surface area contributed by atoms with Crippen LogP contribution in [0.15, 0.2) is 53.7 Å². The van der Waals surface area contributed by atoms with E-state index in [4.69, 9.17) is 15.5 Å². The predicted molar refractivity (Wildman–Crippen MR) is 104 cm³/mol. The van der Waals surface area contributed by atoms with Gasteiger partial charge in [-0.25, -0.2) is 9.98 Å². The van der Waals surface area contributed by atoms with Crippen LogP contribution in [-0.4, -0.2) is 54.5 Å². The fourth-order valence-electron chi connectivity index (χ4n) is 3.50. The van der Waals surface area contributed by atoms with Crippen molar-refractivity contribution in [3.63, 3.8) is 0 Å². The number of piperazine rings is 1. The molecule has 1 atom stereocenters. The maximum absolute atomic E-state index is 6.12. The average molecular weight is 351 g/mol. The molecule has 0 radical (unpaired) electrons. The van der Waals surface area contributed by atoms with Crippen LogP contribution in [0.25, 0.3) is 0 Å². The fraction of sp³-hybridized carbons (Fsp3) is 0.400. The van der Waals surface area contributed by atoms with E-state index >= 15 is 0 Å². The van der Waals surface area contributed by atoms with Crippen LogP contribution < -0.4 is 15.4 Å². The Bertz CT molecular complexity index is 756. The number of pyridine rings is 1. The molecule has 1 saturated heterocycles. The first-order valence-corrected chi connectivity index (χ1v) is 9.27. The van der Waals surface area contributed by atoms with Crippen LogP contribution in [0.5, 0.6) is 5.75 Å². The molecule has 3 heterocycles. The van der Waals surface area contributed by atoms with Gasteiger partial charge >= 0.3 is 0 Å². The highest BCUT2D eigenvalue weighted by Gasteiger charge is 2.21. The molecule has 2 aliphatic rings. The van der Waals surface area contributed by atoms with Crippen LogP contribution in [-0.2, 0) is 0 Å². The molecule has 6 heteroatoms. The predicted octanol–water partition coefficient (Wildman–Crippen LogP) is 2.43. The van der Waals surface area contributed by atoms with Crippen molar-refractivity contribution in [2.45, 2.75) is 19.1 Å². The summed E-state index contributed by atoms with van der Waals surface area (Å²) in [7, 11) is 0. The number of fused-ring (bicyclic) bond motifs is 1. The van der Waals surface area contributed by atoms with Crippen molar-refractivity contribution < 1.29 is 4.74 Å². The van der Waals surface area contributed by atoms with E-state index in [0.29, 0.717) is 0 Å². The third-order valence-corrected chi connectivity index (χ3v) is 4.96. The lowest BCUT2D eigenvalue weighted by Gasteiger charge is -2.35. The van der Waals surface area contributed by atoms with Gasteiger partial charge in [0.2, 0.25) is 0 Å². The lowest BCUT2D eigenvalue weighted by molar-refractivity contribution is 0.250. The molecule has 136 valence electrons. The van der Waals surface area contributed by atoms with Gasteiger partial charge in [0.05, 0.1) is 5.71 Å². The maximum atomic E-state index is 6.12. The van der Waals surface area contributed by atoms with Crippen molar-refractivity contribution >= 4 is 17.2 Å². The molecule has 1 aromatic heterocycles. The zero-order chi connectivity index (χ0) is 17.8. The second-order valence-electron chi connectivity index (χ2n) is 6.73. The molecule has 1 unspecified atom stereocenters. The number of hydrogen-bond acceptors (Lipinski definition) is 6. The summed E-state index contributed by atoms with van der Waals surface area (Å²) in [5, 5.41) is 0. The van der Waals surface area contributed by atoms with Crippen molar-refractivity contribution in [3.8, 4) is 5.75 Å². The summed E-state index contributed by atoms with van der Waals surface area (Å²) in [5.41, 5.74) is 7.94. The Morgan fingerprint density at radius 3 is 2.65 bits per heavy atom. The first-order valence-electron chi connectivity index (χ1n) is 9.27. The van der Waals surface area contributed by atoms with Crippen molar-refractivity contribution in [2.24, 2.45) is 10.7 Å². The van der Waals surface area contributed by atoms with Crippen molar-refractivity contribution in [1.29, 1.82) is 0 Å². The van der Waals surface area contributed by atoms with E-state index in [2.05, 4.69) is 20.9 Å². The first kappa shape index (κ1) is 17.0. The molecule has 2 aliphatic heterocycles. The molecule has 2 aromatic rings. The number of para-hydroxylation sites is 2. The van der Waals surface area contributed by atoms with Crippen molar-refractivity contribution in [3.05, 3.63) is 48.7 Å². The van der Waals surface area contributed by atoms with Crippen LogP contribution >= 0.6 is 0 Å². The van der Waals surface area contributed by atoms with Gasteiger partial charge in [-0.1, -0.05) is 18.2 Å². The third-order valence-electron chi connectivity index (χ3n) is 4.96. The van der Waals surface area contributed by atoms with Crippen molar-refractivity contribution in [1.82, 2.24) is 9.88 Å². The Hall–Kier alpha value is -2.44. The Morgan fingerprint density at radius 2 is 1.85 bits per heavy atom. The lowest BCUT2D eigenvalue weighted by atomic mass is 10.1. The molecular formula is C20H25N5O. The highest BCUT2D eigenvalue weighted by Crippen LogP contribution is 2.31. The minimum Gasteiger partial charge on any atom is -0.468 e. The minimum absolute atomic E-state index is 0.425. The SMILES string of the molecule is NC1Oc2ccccc2N=C1CCCN1CCN(c2ccccn2)CC1. The molecule has 4 rings (SSSR count). The highest BCUT2D eigenvalue weighted by molar-refractivity contribution is 5.92. The van der Waals surface area contributed by atoms with Gasteiger partial charge in [-0.05, 0) is 43.7 Å². The van der Waals surface area contributed by atoms with Gasteiger partial charge < -0.3 is 9.64 Å². The summed E-state index contributed by atoms with van der Waals surface area (Å²) in [6.07, 6.45) is 3.35. The molecular weight excluding hydrogens is 326 g/mol. The van der Waals surface area contributed by atoms with Gasteiger partial charge in [0.1, 0.15) is 17.3 Å². The van der Waals surface area contributed by atoms with Crippen LogP contribution in [0.4, 0.5) is 11.5 Å². The van der Waals surface area contributed by atoms with E-state index in [0.717, 1.165) is 68.5 Å². The van der Waals surface area contributed by atoms with Gasteiger partial charge in [-0.15, -0.1) is 0 Å². The molecule has 0 saturated carbocycles. The highest BCUT2D eigenvalue weighted by atomic mass is 16.5. The van der Waals surface area contributed by atoms with E-state index in [9.17, 15) is 0 Å². The maximum Gasteiger partial charge on any atom is 0.187 e. The lowest BCUT2D eigenvalue weighted by Crippen LogP contribution is -2.47. The molecule has 1 fully saturated rings. The molecule has 2 N–H and O–H groups in total. The second-order valence-corrected chi connectivity index (χ2v) is 6.73. The van der Waals surface area contributed by atoms with Gasteiger partial charge in [0.25, 0.3) is 0 Å². The van der Waals surface area contributed by atoms with Gasteiger partial charge in [-0.3, -0.25) is 10.6 Å². The molecule has 0 spiro atoms. The van der Waals surface area contributed by atoms with E-state index in [1.54, 1.807) is 0 Å². The monoisotopic (exact) mass is 351 g/mol. The average Bonchev–Trinajstić information content (AvgIpc) is 2.69. The van der Waals surface area contributed by atoms with Gasteiger partial charge in [0.15, 0.2) is 6.23 Å². The van der Waals surface area contributed by atoms with Gasteiger partial charge in [-0.2, -0.15) is 0 Å². The van der Waals surface area contributed by atoms with E-state index in [1.165, 1.54) is 0 Å². The number of ether oxygens (including phenoxy) is 1. The molecule has 1 aromatic carbocycles. The zero-order valence-electron chi connectivity index (χ0n) is 14.9. The summed E-state index contributed by atoms with van der Waals surface area (Å²) in [6.45, 7) is 5.23. The van der Waals surface area contributed by atoms with Crippen LogP contribution in [0, 0.1) is 0 Å². The van der Waals surface area contributed by atoms with Crippen molar-refractivity contribution in [2.75, 3.05) is 37.6 Å². The largest absolute Gasteiger partial charge is 0.468 e. The standard InChI is InChI=1S/C20H25N5O/c21-20-17(23-16-6-1-2-8-18(16)26-20)7-5-11-24-12-14-25(15-13-24)19-9-3-4-10-22-19/h1-4,6,8-10,20H,5,7,11-15,21H2. The third kappa shape index (κ3) is 3.86. The summed E-state index contributed by atoms with van der Waals surface area (Å²) in [5.74, 6) is 1.85. The summed E-state index contributed by atoms with van der Waals surface area (Å²) in [6, 6.07) is 13.9. The van der Waals surface area contributed by atoms with E-state index in [1.807, 2.05) is 42.6 Å². The van der Waals surface area contributed by atoms with E-state index < -0.39 is 6.23 Å². The Balaban J connectivity index is 1.25. The summed E-state index contributed by atoms with van der Waals surface area (Å²) in [4.78, 5) is 14.0. The normalized spacial score (nSPS) is 20.3. The first-order chi connectivity index (χ1) is 12.8. The number of hydrogen-bond donors (Lipinski definition) is 1. The molecule has 26 heavy (non-hydrogen) atoms. The quantitative estimate of drug-likeness (QED) is 0.896. The van der Waals surface area contributed by atoms with E-state index in [-0.39, 0.29) is 0 Å². The molecule has 6 nitrogen and oxygen atoms in total. The topological polar surface area (TPSA) is 67.0 Å². The van der Waals surface area contributed by atoms with Crippen LogP contribution in [0.1, 0.15) is 12.8 Å². The summed E-state index contributed by atoms with van der Waals surface area (Å²) >= 11 is 0. The summed E-state index contributed by atoms with van der Waals surface area (Å²) < 4.78 is 5.77. The Labute approximate surface area is 154 Å². The minimum atomic E-state index is -0.425. The Kier molecular flexibility index (Phi) is 5.13. The zero-order valence-corrected chi connectivity index (χ0v) is 14.9. The van der Waals surface area contributed by atoms with Crippen LogP contribution in [0.2, 0.25) is 0 Å². The number of benzene rings is 1. The fourth-order valence-corrected chi connectivity index (χ4v) is 3.50. The molecule has 0 amide bonds. The number of aliphatic imine (C=N–C) groups is 1. The smallest absolute Gasteiger partial charge is 0.187 e. The molecule has 0 bridgehead atoms. The number of nitrogens with zero attached hydrogens (tertiary/aromatic N) is 4. The number of rotatable bonds is 5. The number of anilines is 1. The molecule has 0 aliphatic carbocycles. The number of aromatic nitrogens is 1. The second kappa shape index (κ2) is 7.85. The van der Waals surface area contributed by atoms with Crippen LogP contribution in [0.3, 0.4) is 0 Å².